The minimum absolute atomic E-state index is 0.113. The van der Waals surface area contributed by atoms with Crippen LogP contribution in [0.15, 0.2) is 47.4 Å². The topological polar surface area (TPSA) is 37.4 Å². The van der Waals surface area contributed by atoms with Crippen molar-refractivity contribution in [2.24, 2.45) is 0 Å². The molecule has 0 unspecified atom stereocenters. The van der Waals surface area contributed by atoms with Gasteiger partial charge in [-0.1, -0.05) is 29.8 Å². The lowest BCUT2D eigenvalue weighted by atomic mass is 10.2. The average Bonchev–Trinajstić information content (AvgIpc) is 2.90. The first-order valence-electron chi connectivity index (χ1n) is 6.68. The molecular formula is C15H11ClF3NO2S. The molecule has 0 radical (unpaired) electrons. The van der Waals surface area contributed by atoms with Gasteiger partial charge in [0.2, 0.25) is 0 Å². The van der Waals surface area contributed by atoms with Gasteiger partial charge in [0, 0.05) is 11.6 Å². The van der Waals surface area contributed by atoms with Crippen LogP contribution in [0.5, 0.6) is 0 Å². The van der Waals surface area contributed by atoms with Gasteiger partial charge >= 0.3 is 6.18 Å². The van der Waals surface area contributed by atoms with Crippen molar-refractivity contribution in [3.8, 4) is 0 Å². The molecule has 2 aromatic carbocycles. The predicted octanol–water partition coefficient (Wildman–Crippen LogP) is 4.11. The van der Waals surface area contributed by atoms with Crippen molar-refractivity contribution in [1.82, 2.24) is 0 Å². The quantitative estimate of drug-likeness (QED) is 0.807. The molecule has 23 heavy (non-hydrogen) atoms. The van der Waals surface area contributed by atoms with E-state index in [0.717, 1.165) is 22.0 Å². The van der Waals surface area contributed by atoms with Crippen LogP contribution in [-0.2, 0) is 22.6 Å². The third-order valence-electron chi connectivity index (χ3n) is 3.66. The van der Waals surface area contributed by atoms with Crippen LogP contribution in [0.3, 0.4) is 0 Å². The Labute approximate surface area is 136 Å². The number of hydrogen-bond acceptors (Lipinski definition) is 2. The molecule has 3 nitrogen and oxygen atoms in total. The summed E-state index contributed by atoms with van der Waals surface area (Å²) in [5.74, 6) is 0. The van der Waals surface area contributed by atoms with Gasteiger partial charge in [0.15, 0.2) is 0 Å². The molecular weight excluding hydrogens is 351 g/mol. The molecule has 0 atom stereocenters. The summed E-state index contributed by atoms with van der Waals surface area (Å²) in [6.07, 6.45) is -4.35. The summed E-state index contributed by atoms with van der Waals surface area (Å²) in [6.45, 7) is 0.113. The lowest BCUT2D eigenvalue weighted by Gasteiger charge is -2.22. The van der Waals surface area contributed by atoms with E-state index in [0.29, 0.717) is 18.2 Å². The van der Waals surface area contributed by atoms with E-state index in [4.69, 9.17) is 11.6 Å². The minimum Gasteiger partial charge on any atom is -0.266 e. The Kier molecular flexibility index (Phi) is 3.80. The van der Waals surface area contributed by atoms with Gasteiger partial charge in [-0.2, -0.15) is 13.2 Å². The average molecular weight is 362 g/mol. The van der Waals surface area contributed by atoms with E-state index in [2.05, 4.69) is 0 Å². The number of nitrogens with zero attached hydrogens (tertiary/aromatic N) is 1. The Morgan fingerprint density at radius 2 is 1.78 bits per heavy atom. The van der Waals surface area contributed by atoms with Gasteiger partial charge in [0.05, 0.1) is 16.1 Å². The molecule has 0 aliphatic carbocycles. The van der Waals surface area contributed by atoms with Gasteiger partial charge in [0.25, 0.3) is 10.0 Å². The number of para-hydroxylation sites is 1. The summed E-state index contributed by atoms with van der Waals surface area (Å²) >= 11 is 5.61. The normalized spacial score (nSPS) is 14.9. The van der Waals surface area contributed by atoms with Crippen molar-refractivity contribution in [2.75, 3.05) is 10.8 Å². The van der Waals surface area contributed by atoms with Crippen LogP contribution in [0.25, 0.3) is 0 Å². The summed E-state index contributed by atoms with van der Waals surface area (Å²) in [7, 11) is -4.33. The fourth-order valence-corrected chi connectivity index (χ4v) is 4.50. The second-order valence-corrected chi connectivity index (χ2v) is 7.36. The largest absolute Gasteiger partial charge is 0.417 e. The van der Waals surface area contributed by atoms with Gasteiger partial charge in [-0.05, 0) is 36.2 Å². The van der Waals surface area contributed by atoms with Crippen LogP contribution < -0.4 is 4.31 Å². The lowest BCUT2D eigenvalue weighted by molar-refractivity contribution is -0.139. The zero-order valence-corrected chi connectivity index (χ0v) is 13.2. The SMILES string of the molecule is O=S(=O)(c1ccc(Cl)cc1C(F)(F)F)N1CCc2ccccc21. The van der Waals surface area contributed by atoms with E-state index >= 15 is 0 Å². The van der Waals surface area contributed by atoms with Crippen LogP contribution in [0.1, 0.15) is 11.1 Å². The third-order valence-corrected chi connectivity index (χ3v) is 5.77. The summed E-state index contributed by atoms with van der Waals surface area (Å²) in [5.41, 5.74) is -0.0523. The number of fused-ring (bicyclic) bond motifs is 1. The molecule has 0 aromatic heterocycles. The van der Waals surface area contributed by atoms with Gasteiger partial charge in [-0.25, -0.2) is 8.42 Å². The summed E-state index contributed by atoms with van der Waals surface area (Å²) < 4.78 is 66.1. The van der Waals surface area contributed by atoms with E-state index in [1.54, 1.807) is 24.3 Å². The van der Waals surface area contributed by atoms with E-state index in [-0.39, 0.29) is 11.6 Å². The lowest BCUT2D eigenvalue weighted by Crippen LogP contribution is -2.31. The summed E-state index contributed by atoms with van der Waals surface area (Å²) in [6, 6.07) is 9.45. The van der Waals surface area contributed by atoms with Gasteiger partial charge in [0.1, 0.15) is 0 Å². The monoisotopic (exact) mass is 361 g/mol. The molecule has 0 bridgehead atoms. The predicted molar refractivity (Wildman–Crippen MR) is 81.1 cm³/mol. The highest BCUT2D eigenvalue weighted by Gasteiger charge is 2.40. The molecule has 0 fully saturated rings. The first-order chi connectivity index (χ1) is 10.7. The van der Waals surface area contributed by atoms with Gasteiger partial charge in [-0.15, -0.1) is 0 Å². The summed E-state index contributed by atoms with van der Waals surface area (Å²) in [4.78, 5) is -0.786. The van der Waals surface area contributed by atoms with Crippen molar-refractivity contribution >= 4 is 27.3 Å². The Hall–Kier alpha value is -1.73. The molecule has 0 N–H and O–H groups in total. The minimum atomic E-state index is -4.81. The van der Waals surface area contributed by atoms with E-state index in [9.17, 15) is 21.6 Å². The molecule has 8 heteroatoms. The number of anilines is 1. The van der Waals surface area contributed by atoms with Crippen molar-refractivity contribution in [2.45, 2.75) is 17.5 Å². The smallest absolute Gasteiger partial charge is 0.266 e. The highest BCUT2D eigenvalue weighted by Crippen LogP contribution is 2.39. The van der Waals surface area contributed by atoms with Crippen molar-refractivity contribution in [3.63, 3.8) is 0 Å². The number of hydrogen-bond donors (Lipinski definition) is 0. The maximum absolute atomic E-state index is 13.2. The molecule has 0 saturated carbocycles. The second kappa shape index (κ2) is 5.42. The Morgan fingerprint density at radius 3 is 2.48 bits per heavy atom. The van der Waals surface area contributed by atoms with Crippen molar-refractivity contribution in [3.05, 3.63) is 58.6 Å². The summed E-state index contributed by atoms with van der Waals surface area (Å²) in [5, 5.41) is -0.168. The number of alkyl halides is 3. The van der Waals surface area contributed by atoms with Gasteiger partial charge < -0.3 is 0 Å². The molecule has 1 heterocycles. The first kappa shape index (κ1) is 16.1. The number of halogens is 4. The molecule has 0 amide bonds. The third kappa shape index (κ3) is 2.79. The van der Waals surface area contributed by atoms with Crippen LogP contribution in [0, 0.1) is 0 Å². The zero-order chi connectivity index (χ0) is 16.8. The fourth-order valence-electron chi connectivity index (χ4n) is 2.63. The molecule has 0 saturated heterocycles. The van der Waals surface area contributed by atoms with Crippen LogP contribution >= 0.6 is 11.6 Å². The number of rotatable bonds is 2. The Bertz CT molecular complexity index is 865. The fraction of sp³-hybridized carbons (Fsp3) is 0.200. The van der Waals surface area contributed by atoms with Crippen molar-refractivity contribution in [1.29, 1.82) is 0 Å². The highest BCUT2D eigenvalue weighted by atomic mass is 35.5. The highest BCUT2D eigenvalue weighted by molar-refractivity contribution is 7.93. The van der Waals surface area contributed by atoms with E-state index in [1.165, 1.54) is 0 Å². The molecule has 1 aliphatic rings. The van der Waals surface area contributed by atoms with E-state index < -0.39 is 26.7 Å². The zero-order valence-electron chi connectivity index (χ0n) is 11.6. The molecule has 3 rings (SSSR count). The molecule has 0 spiro atoms. The Balaban J connectivity index is 2.16. The Morgan fingerprint density at radius 1 is 1.09 bits per heavy atom. The van der Waals surface area contributed by atoms with Gasteiger partial charge in [-0.3, -0.25) is 4.31 Å². The maximum Gasteiger partial charge on any atom is 0.417 e. The molecule has 2 aromatic rings. The second-order valence-electron chi connectivity index (χ2n) is 5.09. The standard InChI is InChI=1S/C15H11ClF3NO2S/c16-11-5-6-14(12(9-11)15(17,18)19)23(21,22)20-8-7-10-3-1-2-4-13(10)20/h1-6,9H,7-8H2. The molecule has 1 aliphatic heterocycles. The number of sulfonamides is 1. The van der Waals surface area contributed by atoms with E-state index in [1.807, 2.05) is 0 Å². The molecule has 122 valence electrons. The number of benzene rings is 2. The van der Waals surface area contributed by atoms with Crippen molar-refractivity contribution < 1.29 is 21.6 Å². The first-order valence-corrected chi connectivity index (χ1v) is 8.50. The maximum atomic E-state index is 13.2. The van der Waals surface area contributed by atoms with Crippen LogP contribution in [0.4, 0.5) is 18.9 Å². The van der Waals surface area contributed by atoms with Crippen LogP contribution in [-0.4, -0.2) is 15.0 Å². The van der Waals surface area contributed by atoms with Crippen LogP contribution in [0.2, 0.25) is 5.02 Å².